The number of aliphatic hydroxyl groups excluding tert-OH is 3. The molecule has 0 aromatic rings. The summed E-state index contributed by atoms with van der Waals surface area (Å²) >= 11 is 0. The van der Waals surface area contributed by atoms with Crippen LogP contribution in [0.2, 0.25) is 0 Å². The van der Waals surface area contributed by atoms with E-state index in [0.29, 0.717) is 25.7 Å². The maximum Gasteiger partial charge on any atom is 0.303 e. The van der Waals surface area contributed by atoms with E-state index in [1.165, 1.54) is 0 Å². The van der Waals surface area contributed by atoms with Crippen LogP contribution in [0.25, 0.3) is 0 Å². The lowest BCUT2D eigenvalue weighted by molar-refractivity contribution is -0.137. The average molecular weight is 344 g/mol. The third-order valence-corrected chi connectivity index (χ3v) is 4.45. The van der Waals surface area contributed by atoms with Crippen LogP contribution in [-0.4, -0.2) is 56.9 Å². The van der Waals surface area contributed by atoms with Crippen LogP contribution in [0.5, 0.6) is 0 Å². The number of carbonyl (C=O) groups is 1. The molecule has 24 heavy (non-hydrogen) atoms. The minimum absolute atomic E-state index is 0.225. The van der Waals surface area contributed by atoms with Crippen LogP contribution in [0.3, 0.4) is 0 Å². The van der Waals surface area contributed by atoms with Gasteiger partial charge in [0.25, 0.3) is 0 Å². The summed E-state index contributed by atoms with van der Waals surface area (Å²) in [5.74, 6) is -0.749. The highest BCUT2D eigenvalue weighted by atomic mass is 16.5. The summed E-state index contributed by atoms with van der Waals surface area (Å²) < 4.78 is 5.62. The van der Waals surface area contributed by atoms with Gasteiger partial charge in [0, 0.05) is 12.8 Å². The predicted octanol–water partition coefficient (Wildman–Crippen LogP) is 2.01. The highest BCUT2D eigenvalue weighted by Crippen LogP contribution is 2.25. The number of ether oxygens (including phenoxy) is 1. The minimum Gasteiger partial charge on any atom is -0.481 e. The fourth-order valence-electron chi connectivity index (χ4n) is 2.90. The SMILES string of the molecule is CCC(O)C1CC(O)C(/C=C/C(O)CCCCCCCC(=O)O)O1. The molecule has 6 heteroatoms. The van der Waals surface area contributed by atoms with Crippen molar-refractivity contribution >= 4 is 5.97 Å². The Bertz CT molecular complexity index is 384. The summed E-state index contributed by atoms with van der Waals surface area (Å²) in [5, 5.41) is 38.2. The van der Waals surface area contributed by atoms with Gasteiger partial charge >= 0.3 is 5.97 Å². The van der Waals surface area contributed by atoms with Crippen molar-refractivity contribution in [3.05, 3.63) is 12.2 Å². The standard InChI is InChI=1S/C18H32O6/c1-2-14(20)17-12-15(21)16(24-17)11-10-13(19)8-6-4-3-5-7-9-18(22)23/h10-11,13-17,19-21H,2-9,12H2,1H3,(H,22,23)/b11-10+. The van der Waals surface area contributed by atoms with E-state index < -0.39 is 30.4 Å². The first-order chi connectivity index (χ1) is 11.4. The fourth-order valence-corrected chi connectivity index (χ4v) is 2.90. The predicted molar refractivity (Wildman–Crippen MR) is 90.7 cm³/mol. The first-order valence-electron chi connectivity index (χ1n) is 9.03. The average Bonchev–Trinajstić information content (AvgIpc) is 2.92. The molecule has 5 unspecified atom stereocenters. The van der Waals surface area contributed by atoms with Gasteiger partial charge in [0.05, 0.1) is 24.4 Å². The van der Waals surface area contributed by atoms with E-state index in [0.717, 1.165) is 25.7 Å². The van der Waals surface area contributed by atoms with Crippen molar-refractivity contribution in [2.24, 2.45) is 0 Å². The molecular weight excluding hydrogens is 312 g/mol. The van der Waals surface area contributed by atoms with Crippen LogP contribution < -0.4 is 0 Å². The van der Waals surface area contributed by atoms with Crippen molar-refractivity contribution in [2.45, 2.75) is 95.2 Å². The molecule has 0 aromatic carbocycles. The Morgan fingerprint density at radius 1 is 1.21 bits per heavy atom. The van der Waals surface area contributed by atoms with E-state index in [2.05, 4.69) is 0 Å². The van der Waals surface area contributed by atoms with Crippen molar-refractivity contribution in [3.8, 4) is 0 Å². The van der Waals surface area contributed by atoms with Crippen molar-refractivity contribution < 1.29 is 30.0 Å². The van der Waals surface area contributed by atoms with E-state index >= 15 is 0 Å². The molecule has 1 rings (SSSR count). The van der Waals surface area contributed by atoms with E-state index in [9.17, 15) is 20.1 Å². The smallest absolute Gasteiger partial charge is 0.303 e. The Hall–Kier alpha value is -0.950. The van der Waals surface area contributed by atoms with Gasteiger partial charge in [-0.3, -0.25) is 4.79 Å². The molecule has 1 fully saturated rings. The Kier molecular flexibility index (Phi) is 10.2. The van der Waals surface area contributed by atoms with E-state index in [1.807, 2.05) is 6.92 Å². The number of carboxylic acids is 1. The topological polar surface area (TPSA) is 107 Å². The van der Waals surface area contributed by atoms with Gasteiger partial charge in [-0.2, -0.15) is 0 Å². The van der Waals surface area contributed by atoms with Crippen LogP contribution in [0.1, 0.15) is 64.7 Å². The Balaban J connectivity index is 2.15. The summed E-state index contributed by atoms with van der Waals surface area (Å²) in [6.07, 6.45) is 7.04. The van der Waals surface area contributed by atoms with Gasteiger partial charge in [0.15, 0.2) is 0 Å². The summed E-state index contributed by atoms with van der Waals surface area (Å²) in [5.41, 5.74) is 0. The molecule has 6 nitrogen and oxygen atoms in total. The normalized spacial score (nSPS) is 26.8. The second kappa shape index (κ2) is 11.6. The van der Waals surface area contributed by atoms with Crippen LogP contribution >= 0.6 is 0 Å². The maximum atomic E-state index is 10.4. The zero-order valence-electron chi connectivity index (χ0n) is 14.5. The van der Waals surface area contributed by atoms with Crippen LogP contribution in [0, 0.1) is 0 Å². The van der Waals surface area contributed by atoms with Crippen LogP contribution in [0.15, 0.2) is 12.2 Å². The van der Waals surface area contributed by atoms with Gasteiger partial charge in [0.2, 0.25) is 0 Å². The molecule has 1 saturated heterocycles. The van der Waals surface area contributed by atoms with Crippen molar-refractivity contribution in [3.63, 3.8) is 0 Å². The molecule has 0 saturated carbocycles. The summed E-state index contributed by atoms with van der Waals surface area (Å²) in [4.78, 5) is 10.4. The molecule has 0 bridgehead atoms. The molecule has 140 valence electrons. The number of carboxylic acid groups (broad SMARTS) is 1. The fraction of sp³-hybridized carbons (Fsp3) is 0.833. The van der Waals surface area contributed by atoms with Crippen LogP contribution in [0.4, 0.5) is 0 Å². The van der Waals surface area contributed by atoms with Crippen molar-refractivity contribution in [1.29, 1.82) is 0 Å². The van der Waals surface area contributed by atoms with E-state index in [4.69, 9.17) is 9.84 Å². The summed E-state index contributed by atoms with van der Waals surface area (Å²) in [7, 11) is 0. The molecule has 1 aliphatic heterocycles. The molecule has 4 N–H and O–H groups in total. The third-order valence-electron chi connectivity index (χ3n) is 4.45. The molecule has 1 heterocycles. The van der Waals surface area contributed by atoms with Gasteiger partial charge in [0.1, 0.15) is 6.10 Å². The lowest BCUT2D eigenvalue weighted by Crippen LogP contribution is -2.25. The van der Waals surface area contributed by atoms with Crippen LogP contribution in [-0.2, 0) is 9.53 Å². The molecule has 0 amide bonds. The maximum absolute atomic E-state index is 10.4. The Morgan fingerprint density at radius 3 is 2.54 bits per heavy atom. The zero-order chi connectivity index (χ0) is 17.9. The number of hydrogen-bond acceptors (Lipinski definition) is 5. The summed E-state index contributed by atoms with van der Waals surface area (Å²) in [6, 6.07) is 0. The molecule has 5 atom stereocenters. The first-order valence-corrected chi connectivity index (χ1v) is 9.03. The minimum atomic E-state index is -0.749. The van der Waals surface area contributed by atoms with Crippen molar-refractivity contribution in [2.75, 3.05) is 0 Å². The van der Waals surface area contributed by atoms with Gasteiger partial charge in [-0.05, 0) is 19.3 Å². The van der Waals surface area contributed by atoms with Gasteiger partial charge in [-0.15, -0.1) is 0 Å². The first kappa shape index (κ1) is 21.1. The lowest BCUT2D eigenvalue weighted by Gasteiger charge is -2.16. The zero-order valence-corrected chi connectivity index (χ0v) is 14.5. The molecule has 0 spiro atoms. The second-order valence-electron chi connectivity index (χ2n) is 6.57. The quantitative estimate of drug-likeness (QED) is 0.319. The van der Waals surface area contributed by atoms with Gasteiger partial charge < -0.3 is 25.2 Å². The molecular formula is C18H32O6. The van der Waals surface area contributed by atoms with Gasteiger partial charge in [-0.25, -0.2) is 0 Å². The number of aliphatic carboxylic acids is 1. The monoisotopic (exact) mass is 344 g/mol. The number of unbranched alkanes of at least 4 members (excludes halogenated alkanes) is 4. The summed E-state index contributed by atoms with van der Waals surface area (Å²) in [6.45, 7) is 1.87. The number of rotatable bonds is 12. The molecule has 0 aliphatic carbocycles. The Labute approximate surface area is 144 Å². The Morgan fingerprint density at radius 2 is 1.88 bits per heavy atom. The van der Waals surface area contributed by atoms with E-state index in [1.54, 1.807) is 12.2 Å². The number of aliphatic hydroxyl groups is 3. The largest absolute Gasteiger partial charge is 0.481 e. The highest BCUT2D eigenvalue weighted by Gasteiger charge is 2.35. The third kappa shape index (κ3) is 8.24. The number of hydrogen-bond donors (Lipinski definition) is 4. The second-order valence-corrected chi connectivity index (χ2v) is 6.57. The molecule has 0 aromatic heterocycles. The lowest BCUT2D eigenvalue weighted by atomic mass is 10.0. The molecule has 0 radical (unpaired) electrons. The van der Waals surface area contributed by atoms with E-state index in [-0.39, 0.29) is 12.5 Å². The molecule has 1 aliphatic rings. The van der Waals surface area contributed by atoms with Gasteiger partial charge in [-0.1, -0.05) is 44.8 Å². The highest BCUT2D eigenvalue weighted by molar-refractivity contribution is 5.66. The van der Waals surface area contributed by atoms with Crippen molar-refractivity contribution in [1.82, 2.24) is 0 Å².